The molecule has 0 aromatic heterocycles. The van der Waals surface area contributed by atoms with Crippen LogP contribution in [-0.2, 0) is 4.79 Å². The van der Waals surface area contributed by atoms with E-state index in [1.54, 1.807) is 0 Å². The molecule has 0 radical (unpaired) electrons. The van der Waals surface area contributed by atoms with Gasteiger partial charge in [0.2, 0.25) is 0 Å². The maximum Gasteiger partial charge on any atom is 0.305 e. The van der Waals surface area contributed by atoms with E-state index in [2.05, 4.69) is 26.0 Å². The molecule has 0 saturated carbocycles. The first kappa shape index (κ1) is 13.7. The maximum atomic E-state index is 10.8. The monoisotopic (exact) mass is 235 g/mol. The highest BCUT2D eigenvalue weighted by Gasteiger charge is 2.17. The van der Waals surface area contributed by atoms with E-state index in [0.29, 0.717) is 5.92 Å². The summed E-state index contributed by atoms with van der Waals surface area (Å²) in [4.78, 5) is 12.8. The molecule has 0 aliphatic carbocycles. The van der Waals surface area contributed by atoms with Crippen molar-refractivity contribution in [3.05, 3.63) is 35.4 Å². The zero-order valence-electron chi connectivity index (χ0n) is 11.0. The van der Waals surface area contributed by atoms with Gasteiger partial charge in [0.1, 0.15) is 0 Å². The van der Waals surface area contributed by atoms with Gasteiger partial charge in [0.15, 0.2) is 0 Å². The van der Waals surface area contributed by atoms with E-state index in [-0.39, 0.29) is 12.5 Å². The van der Waals surface area contributed by atoms with E-state index < -0.39 is 5.97 Å². The van der Waals surface area contributed by atoms with Crippen molar-refractivity contribution in [3.63, 3.8) is 0 Å². The van der Waals surface area contributed by atoms with Gasteiger partial charge in [-0.05, 0) is 31.1 Å². The molecule has 17 heavy (non-hydrogen) atoms. The van der Waals surface area contributed by atoms with Crippen LogP contribution in [0.3, 0.4) is 0 Å². The van der Waals surface area contributed by atoms with Gasteiger partial charge in [-0.1, -0.05) is 38.1 Å². The van der Waals surface area contributed by atoms with Gasteiger partial charge in [0.05, 0.1) is 6.42 Å². The lowest BCUT2D eigenvalue weighted by Gasteiger charge is -2.23. The van der Waals surface area contributed by atoms with Gasteiger partial charge in [-0.25, -0.2) is 0 Å². The zero-order valence-corrected chi connectivity index (χ0v) is 11.0. The zero-order chi connectivity index (χ0) is 13.0. The number of carboxylic acid groups (broad SMARTS) is 1. The summed E-state index contributed by atoms with van der Waals surface area (Å²) in [5.41, 5.74) is 2.34. The van der Waals surface area contributed by atoms with Crippen molar-refractivity contribution >= 4 is 5.97 Å². The number of benzene rings is 1. The lowest BCUT2D eigenvalue weighted by Crippen LogP contribution is -2.22. The first-order chi connectivity index (χ1) is 7.91. The van der Waals surface area contributed by atoms with Crippen molar-refractivity contribution < 1.29 is 9.90 Å². The van der Waals surface area contributed by atoms with Crippen LogP contribution in [0.15, 0.2) is 24.3 Å². The number of carboxylic acids is 1. The Morgan fingerprint density at radius 1 is 1.18 bits per heavy atom. The Kier molecular flexibility index (Phi) is 4.70. The number of hydrogen-bond donors (Lipinski definition) is 1. The van der Waals surface area contributed by atoms with Crippen molar-refractivity contribution in [1.29, 1.82) is 0 Å². The Hall–Kier alpha value is -1.35. The predicted molar refractivity (Wildman–Crippen MR) is 69.2 cm³/mol. The van der Waals surface area contributed by atoms with E-state index in [0.717, 1.165) is 5.56 Å². The molecule has 1 unspecified atom stereocenters. The molecule has 0 spiro atoms. The molecular weight excluding hydrogens is 214 g/mol. The van der Waals surface area contributed by atoms with Crippen molar-refractivity contribution in [2.45, 2.75) is 32.2 Å². The van der Waals surface area contributed by atoms with Crippen LogP contribution < -0.4 is 0 Å². The second-order valence-electron chi connectivity index (χ2n) is 4.90. The SMILES string of the molecule is CC(C)c1ccc(C(CC(=O)O)N(C)C)cc1. The third kappa shape index (κ3) is 3.86. The van der Waals surface area contributed by atoms with Crippen LogP contribution in [-0.4, -0.2) is 30.1 Å². The minimum atomic E-state index is -0.767. The van der Waals surface area contributed by atoms with Crippen LogP contribution in [0.2, 0.25) is 0 Å². The minimum absolute atomic E-state index is 0.0614. The number of carbonyl (C=O) groups is 1. The topological polar surface area (TPSA) is 40.5 Å². The number of aliphatic carboxylic acids is 1. The second kappa shape index (κ2) is 5.82. The molecule has 0 bridgehead atoms. The summed E-state index contributed by atoms with van der Waals surface area (Å²) in [7, 11) is 3.81. The quantitative estimate of drug-likeness (QED) is 0.853. The normalized spacial score (nSPS) is 13.1. The van der Waals surface area contributed by atoms with Gasteiger partial charge >= 0.3 is 5.97 Å². The van der Waals surface area contributed by atoms with Crippen molar-refractivity contribution in [1.82, 2.24) is 4.90 Å². The molecule has 1 atom stereocenters. The highest BCUT2D eigenvalue weighted by atomic mass is 16.4. The van der Waals surface area contributed by atoms with Crippen LogP contribution in [0, 0.1) is 0 Å². The Morgan fingerprint density at radius 2 is 1.65 bits per heavy atom. The summed E-state index contributed by atoms with van der Waals surface area (Å²) in [6.45, 7) is 4.30. The highest BCUT2D eigenvalue weighted by Crippen LogP contribution is 2.24. The average Bonchev–Trinajstić information content (AvgIpc) is 2.25. The average molecular weight is 235 g/mol. The van der Waals surface area contributed by atoms with E-state index in [1.807, 2.05) is 31.1 Å². The molecule has 3 heteroatoms. The summed E-state index contributed by atoms with van der Waals surface area (Å²) < 4.78 is 0. The fourth-order valence-electron chi connectivity index (χ4n) is 1.87. The maximum absolute atomic E-state index is 10.8. The minimum Gasteiger partial charge on any atom is -0.481 e. The molecule has 0 aliphatic heterocycles. The number of nitrogens with zero attached hydrogens (tertiary/aromatic N) is 1. The molecule has 1 aromatic rings. The molecular formula is C14H21NO2. The molecule has 1 rings (SSSR count). The van der Waals surface area contributed by atoms with Gasteiger partial charge in [0, 0.05) is 6.04 Å². The Labute approximate surface area is 103 Å². The first-order valence-corrected chi connectivity index (χ1v) is 5.90. The standard InChI is InChI=1S/C14H21NO2/c1-10(2)11-5-7-12(8-6-11)13(15(3)4)9-14(16)17/h5-8,10,13H,9H2,1-4H3,(H,16,17). The Balaban J connectivity index is 2.91. The van der Waals surface area contributed by atoms with Crippen LogP contribution >= 0.6 is 0 Å². The predicted octanol–water partition coefficient (Wildman–Crippen LogP) is 2.89. The second-order valence-corrected chi connectivity index (χ2v) is 4.90. The van der Waals surface area contributed by atoms with E-state index in [9.17, 15) is 4.79 Å². The van der Waals surface area contributed by atoms with Crippen molar-refractivity contribution in [3.8, 4) is 0 Å². The molecule has 0 fully saturated rings. The van der Waals surface area contributed by atoms with Gasteiger partial charge in [-0.3, -0.25) is 4.79 Å². The van der Waals surface area contributed by atoms with E-state index >= 15 is 0 Å². The Bertz CT molecular complexity index is 368. The van der Waals surface area contributed by atoms with Crippen LogP contribution in [0.5, 0.6) is 0 Å². The third-order valence-corrected chi connectivity index (χ3v) is 2.98. The number of rotatable bonds is 5. The van der Waals surface area contributed by atoms with Crippen LogP contribution in [0.1, 0.15) is 43.4 Å². The fourth-order valence-corrected chi connectivity index (χ4v) is 1.87. The lowest BCUT2D eigenvalue weighted by atomic mass is 9.97. The summed E-state index contributed by atoms with van der Waals surface area (Å²) in [5.74, 6) is -0.266. The molecule has 3 nitrogen and oxygen atoms in total. The lowest BCUT2D eigenvalue weighted by molar-refractivity contribution is -0.138. The molecule has 1 N–H and O–H groups in total. The van der Waals surface area contributed by atoms with E-state index in [4.69, 9.17) is 5.11 Å². The summed E-state index contributed by atoms with van der Waals surface area (Å²) in [5, 5.41) is 8.91. The highest BCUT2D eigenvalue weighted by molar-refractivity contribution is 5.67. The third-order valence-electron chi connectivity index (χ3n) is 2.98. The van der Waals surface area contributed by atoms with Gasteiger partial charge in [-0.2, -0.15) is 0 Å². The fraction of sp³-hybridized carbons (Fsp3) is 0.500. The summed E-state index contributed by atoms with van der Waals surface area (Å²) in [6, 6.07) is 8.16. The number of hydrogen-bond acceptors (Lipinski definition) is 2. The Morgan fingerprint density at radius 3 is 2.00 bits per heavy atom. The molecule has 0 aliphatic rings. The van der Waals surface area contributed by atoms with Crippen LogP contribution in [0.25, 0.3) is 0 Å². The molecule has 0 heterocycles. The first-order valence-electron chi connectivity index (χ1n) is 5.90. The smallest absolute Gasteiger partial charge is 0.305 e. The molecule has 0 saturated heterocycles. The van der Waals surface area contributed by atoms with Crippen molar-refractivity contribution in [2.75, 3.05) is 14.1 Å². The van der Waals surface area contributed by atoms with Crippen molar-refractivity contribution in [2.24, 2.45) is 0 Å². The van der Waals surface area contributed by atoms with Gasteiger partial charge in [0.25, 0.3) is 0 Å². The summed E-state index contributed by atoms with van der Waals surface area (Å²) >= 11 is 0. The van der Waals surface area contributed by atoms with Crippen LogP contribution in [0.4, 0.5) is 0 Å². The van der Waals surface area contributed by atoms with E-state index in [1.165, 1.54) is 5.56 Å². The molecule has 94 valence electrons. The van der Waals surface area contributed by atoms with Gasteiger partial charge < -0.3 is 10.0 Å². The molecule has 1 aromatic carbocycles. The largest absolute Gasteiger partial charge is 0.481 e. The molecule has 0 amide bonds. The van der Waals surface area contributed by atoms with Gasteiger partial charge in [-0.15, -0.1) is 0 Å². The summed E-state index contributed by atoms with van der Waals surface area (Å²) in [6.07, 6.45) is 0.133.